The van der Waals surface area contributed by atoms with Gasteiger partial charge in [0.15, 0.2) is 0 Å². The summed E-state index contributed by atoms with van der Waals surface area (Å²) in [4.78, 5) is 15.8. The van der Waals surface area contributed by atoms with Gasteiger partial charge in [-0.1, -0.05) is 6.07 Å². The summed E-state index contributed by atoms with van der Waals surface area (Å²) >= 11 is 1.37. The van der Waals surface area contributed by atoms with Crippen LogP contribution in [0.4, 0.5) is 6.01 Å². The molecule has 2 aromatic heterocycles. The summed E-state index contributed by atoms with van der Waals surface area (Å²) in [5.74, 6) is -0.197. The van der Waals surface area contributed by atoms with E-state index in [2.05, 4.69) is 10.3 Å². The highest BCUT2D eigenvalue weighted by Crippen LogP contribution is 2.11. The van der Waals surface area contributed by atoms with E-state index in [0.29, 0.717) is 4.88 Å². The number of nitrogens with one attached hydrogen (secondary N) is 1. The molecule has 0 radical (unpaired) electrons. The van der Waals surface area contributed by atoms with Gasteiger partial charge in [0, 0.05) is 0 Å². The van der Waals surface area contributed by atoms with Gasteiger partial charge in [-0.2, -0.15) is 0 Å². The molecule has 0 aromatic carbocycles. The van der Waals surface area contributed by atoms with E-state index in [4.69, 9.17) is 4.42 Å². The summed E-state index contributed by atoms with van der Waals surface area (Å²) < 4.78 is 4.86. The highest BCUT2D eigenvalue weighted by Gasteiger charge is 2.08. The summed E-state index contributed by atoms with van der Waals surface area (Å²) in [7, 11) is 0. The fourth-order valence-corrected chi connectivity index (χ4v) is 1.47. The summed E-state index contributed by atoms with van der Waals surface area (Å²) in [6.07, 6.45) is 2.88. The van der Waals surface area contributed by atoms with Crippen LogP contribution in [0.5, 0.6) is 0 Å². The van der Waals surface area contributed by atoms with Crippen LogP contribution < -0.4 is 5.32 Å². The van der Waals surface area contributed by atoms with E-state index in [-0.39, 0.29) is 11.9 Å². The van der Waals surface area contributed by atoms with Crippen molar-refractivity contribution in [2.75, 3.05) is 5.32 Å². The van der Waals surface area contributed by atoms with Crippen molar-refractivity contribution in [3.05, 3.63) is 34.8 Å². The molecule has 1 amide bonds. The third kappa shape index (κ3) is 1.75. The molecule has 0 unspecified atom stereocenters. The molecule has 2 heterocycles. The lowest BCUT2D eigenvalue weighted by Gasteiger charge is -1.95. The van der Waals surface area contributed by atoms with Gasteiger partial charge in [0.2, 0.25) is 0 Å². The first-order chi connectivity index (χ1) is 6.36. The first-order valence-corrected chi connectivity index (χ1v) is 4.48. The van der Waals surface area contributed by atoms with Gasteiger partial charge in [-0.15, -0.1) is 11.3 Å². The van der Waals surface area contributed by atoms with E-state index in [0.717, 1.165) is 0 Å². The smallest absolute Gasteiger partial charge is 0.301 e. The van der Waals surface area contributed by atoms with Crippen LogP contribution in [0.3, 0.4) is 0 Å². The molecule has 0 aliphatic rings. The topological polar surface area (TPSA) is 55.1 Å². The highest BCUT2D eigenvalue weighted by molar-refractivity contribution is 7.12. The Labute approximate surface area is 78.2 Å². The fourth-order valence-electron chi connectivity index (χ4n) is 0.852. The van der Waals surface area contributed by atoms with Gasteiger partial charge in [-0.05, 0) is 11.4 Å². The van der Waals surface area contributed by atoms with E-state index < -0.39 is 0 Å². The number of oxazole rings is 1. The maximum atomic E-state index is 11.4. The van der Waals surface area contributed by atoms with E-state index in [9.17, 15) is 4.79 Å². The van der Waals surface area contributed by atoms with Crippen molar-refractivity contribution in [1.29, 1.82) is 0 Å². The van der Waals surface area contributed by atoms with Crippen LogP contribution in [0, 0.1) is 0 Å². The quantitative estimate of drug-likeness (QED) is 0.795. The van der Waals surface area contributed by atoms with Crippen molar-refractivity contribution >= 4 is 23.3 Å². The van der Waals surface area contributed by atoms with E-state index >= 15 is 0 Å². The number of carbonyl (C=O) groups is 1. The standard InChI is InChI=1S/C8H6N2O2S/c11-7(6-2-1-5-13-6)10-8-9-3-4-12-8/h1-5H,(H,9,10,11). The van der Waals surface area contributed by atoms with Crippen molar-refractivity contribution in [3.8, 4) is 0 Å². The van der Waals surface area contributed by atoms with Gasteiger partial charge in [0.25, 0.3) is 5.91 Å². The molecule has 2 aromatic rings. The predicted octanol–water partition coefficient (Wildman–Crippen LogP) is 1.99. The van der Waals surface area contributed by atoms with Crippen molar-refractivity contribution in [1.82, 2.24) is 4.98 Å². The minimum absolute atomic E-state index is 0.197. The molecular formula is C8H6N2O2S. The molecular weight excluding hydrogens is 188 g/mol. The third-order valence-corrected chi connectivity index (χ3v) is 2.27. The molecule has 0 saturated carbocycles. The average molecular weight is 194 g/mol. The van der Waals surface area contributed by atoms with Crippen molar-refractivity contribution < 1.29 is 9.21 Å². The lowest BCUT2D eigenvalue weighted by molar-refractivity contribution is 0.102. The zero-order valence-corrected chi connectivity index (χ0v) is 7.38. The Morgan fingerprint density at radius 3 is 3.15 bits per heavy atom. The van der Waals surface area contributed by atoms with E-state index in [1.165, 1.54) is 23.8 Å². The van der Waals surface area contributed by atoms with Crippen LogP contribution >= 0.6 is 11.3 Å². The molecule has 0 aliphatic heterocycles. The summed E-state index contributed by atoms with van der Waals surface area (Å²) in [6.45, 7) is 0. The van der Waals surface area contributed by atoms with E-state index in [1.54, 1.807) is 6.07 Å². The number of thiophene rings is 1. The Morgan fingerprint density at radius 1 is 1.62 bits per heavy atom. The van der Waals surface area contributed by atoms with Crippen molar-refractivity contribution in [2.24, 2.45) is 0 Å². The molecule has 0 saturated heterocycles. The fraction of sp³-hybridized carbons (Fsp3) is 0. The molecule has 0 fully saturated rings. The molecule has 0 aliphatic carbocycles. The van der Waals surface area contributed by atoms with Gasteiger partial charge in [0.1, 0.15) is 6.26 Å². The summed E-state index contributed by atoms with van der Waals surface area (Å²) in [6, 6.07) is 3.77. The van der Waals surface area contributed by atoms with Crippen molar-refractivity contribution in [3.63, 3.8) is 0 Å². The predicted molar refractivity (Wildman–Crippen MR) is 48.8 cm³/mol. The second-order valence-electron chi connectivity index (χ2n) is 2.27. The van der Waals surface area contributed by atoms with E-state index in [1.807, 2.05) is 11.4 Å². The van der Waals surface area contributed by atoms with Gasteiger partial charge in [-0.25, -0.2) is 4.98 Å². The van der Waals surface area contributed by atoms with Gasteiger partial charge in [0.05, 0.1) is 11.1 Å². The highest BCUT2D eigenvalue weighted by atomic mass is 32.1. The lowest BCUT2D eigenvalue weighted by atomic mass is 10.4. The Morgan fingerprint density at radius 2 is 2.54 bits per heavy atom. The molecule has 0 spiro atoms. The zero-order chi connectivity index (χ0) is 9.10. The minimum atomic E-state index is -0.197. The molecule has 4 nitrogen and oxygen atoms in total. The van der Waals surface area contributed by atoms with Crippen LogP contribution in [0.25, 0.3) is 0 Å². The molecule has 1 N–H and O–H groups in total. The summed E-state index contributed by atoms with van der Waals surface area (Å²) in [5, 5.41) is 4.36. The first-order valence-electron chi connectivity index (χ1n) is 3.60. The number of amides is 1. The molecule has 2 rings (SSSR count). The number of nitrogens with zero attached hydrogens (tertiary/aromatic N) is 1. The Bertz CT molecular complexity index is 380. The third-order valence-electron chi connectivity index (χ3n) is 1.40. The molecule has 5 heteroatoms. The number of aromatic nitrogens is 1. The maximum absolute atomic E-state index is 11.4. The Kier molecular flexibility index (Phi) is 2.09. The molecule has 13 heavy (non-hydrogen) atoms. The largest absolute Gasteiger partial charge is 0.432 e. The first kappa shape index (κ1) is 8.00. The molecule has 0 bridgehead atoms. The van der Waals surface area contributed by atoms with Crippen LogP contribution in [0.15, 0.2) is 34.4 Å². The number of anilines is 1. The van der Waals surface area contributed by atoms with Crippen molar-refractivity contribution in [2.45, 2.75) is 0 Å². The number of carbonyl (C=O) groups excluding carboxylic acids is 1. The zero-order valence-electron chi connectivity index (χ0n) is 6.56. The second-order valence-corrected chi connectivity index (χ2v) is 3.22. The van der Waals surface area contributed by atoms with Gasteiger partial charge >= 0.3 is 6.01 Å². The number of hydrogen-bond acceptors (Lipinski definition) is 4. The van der Waals surface area contributed by atoms with Crippen LogP contribution in [-0.2, 0) is 0 Å². The molecule has 0 atom stereocenters. The van der Waals surface area contributed by atoms with Crippen LogP contribution in [0.2, 0.25) is 0 Å². The van der Waals surface area contributed by atoms with Gasteiger partial charge in [-0.3, -0.25) is 10.1 Å². The average Bonchev–Trinajstić information content (AvgIpc) is 2.74. The monoisotopic (exact) mass is 194 g/mol. The lowest BCUT2D eigenvalue weighted by Crippen LogP contribution is -2.09. The summed E-state index contributed by atoms with van der Waals surface area (Å²) in [5.41, 5.74) is 0. The minimum Gasteiger partial charge on any atom is -0.432 e. The Balaban J connectivity index is 2.08. The Hall–Kier alpha value is -1.62. The maximum Gasteiger partial charge on any atom is 0.301 e. The number of rotatable bonds is 2. The van der Waals surface area contributed by atoms with Crippen LogP contribution in [-0.4, -0.2) is 10.9 Å². The van der Waals surface area contributed by atoms with Gasteiger partial charge < -0.3 is 4.42 Å². The molecule has 66 valence electrons. The normalized spacial score (nSPS) is 9.85. The SMILES string of the molecule is O=C(Nc1ncco1)c1cccs1. The number of hydrogen-bond donors (Lipinski definition) is 1. The second kappa shape index (κ2) is 3.40. The van der Waals surface area contributed by atoms with Crippen LogP contribution in [0.1, 0.15) is 9.67 Å².